The number of nitrogens with two attached hydrogens (primary N) is 1. The largest absolute Gasteiger partial charge is 0.380 e. The quantitative estimate of drug-likeness (QED) is 0.689. The van der Waals surface area contributed by atoms with E-state index in [-0.39, 0.29) is 43.2 Å². The highest BCUT2D eigenvalue weighted by molar-refractivity contribution is 7.99. The zero-order valence-corrected chi connectivity index (χ0v) is 17.1. The number of hydrogen-bond acceptors (Lipinski definition) is 5. The van der Waals surface area contributed by atoms with Gasteiger partial charge in [-0.2, -0.15) is 11.8 Å². The van der Waals surface area contributed by atoms with Crippen LogP contribution < -0.4 is 11.1 Å². The van der Waals surface area contributed by atoms with Gasteiger partial charge in [0.1, 0.15) is 0 Å². The molecule has 1 amide bonds. The third-order valence-electron chi connectivity index (χ3n) is 4.07. The van der Waals surface area contributed by atoms with E-state index in [0.717, 1.165) is 18.7 Å². The number of nitrogens with one attached hydrogen (secondary N) is 1. The van der Waals surface area contributed by atoms with Gasteiger partial charge >= 0.3 is 0 Å². The maximum absolute atomic E-state index is 11.9. The Hall–Kier alpha value is -0.500. The highest BCUT2D eigenvalue weighted by Crippen LogP contribution is 2.13. The first-order valence-corrected chi connectivity index (χ1v) is 9.28. The van der Waals surface area contributed by atoms with Crippen LogP contribution in [0.2, 0.25) is 0 Å². The summed E-state index contributed by atoms with van der Waals surface area (Å²) in [5, 5.41) is 2.89. The maximum atomic E-state index is 11.9. The Labute approximate surface area is 167 Å². The number of rotatable bonds is 8. The van der Waals surface area contributed by atoms with Crippen LogP contribution in [0.4, 0.5) is 5.69 Å². The SMILES string of the molecule is COC(CN)CC(=O)Nc1ccc(CCN2CCSCC2)cc1.Cl.Cl. The van der Waals surface area contributed by atoms with Gasteiger partial charge in [-0.3, -0.25) is 4.79 Å². The summed E-state index contributed by atoms with van der Waals surface area (Å²) in [7, 11) is 1.57. The molecular weight excluding hydrogens is 381 g/mol. The van der Waals surface area contributed by atoms with Crippen LogP contribution in [0.1, 0.15) is 12.0 Å². The standard InChI is InChI=1S/C17H27N3O2S.2ClH/c1-22-16(13-18)12-17(21)19-15-4-2-14(3-5-15)6-7-20-8-10-23-11-9-20;;/h2-5,16H,6-13,18H2,1H3,(H,19,21);2*1H. The third kappa shape index (κ3) is 9.13. The van der Waals surface area contributed by atoms with Gasteiger partial charge in [-0.05, 0) is 24.1 Å². The van der Waals surface area contributed by atoms with E-state index >= 15 is 0 Å². The Morgan fingerprint density at radius 1 is 1.28 bits per heavy atom. The summed E-state index contributed by atoms with van der Waals surface area (Å²) < 4.78 is 5.12. The van der Waals surface area contributed by atoms with E-state index in [1.807, 2.05) is 23.9 Å². The Bertz CT molecular complexity index is 481. The van der Waals surface area contributed by atoms with Crippen molar-refractivity contribution in [2.45, 2.75) is 18.9 Å². The number of nitrogens with zero attached hydrogens (tertiary/aromatic N) is 1. The Balaban J connectivity index is 0.00000288. The van der Waals surface area contributed by atoms with E-state index in [9.17, 15) is 4.79 Å². The Morgan fingerprint density at radius 2 is 1.92 bits per heavy atom. The van der Waals surface area contributed by atoms with Crippen LogP contribution in [-0.4, -0.2) is 61.7 Å². The number of carbonyl (C=O) groups excluding carboxylic acids is 1. The summed E-state index contributed by atoms with van der Waals surface area (Å²) in [5.41, 5.74) is 7.65. The third-order valence-corrected chi connectivity index (χ3v) is 5.01. The van der Waals surface area contributed by atoms with Gasteiger partial charge in [-0.1, -0.05) is 12.1 Å². The van der Waals surface area contributed by atoms with E-state index in [2.05, 4.69) is 22.3 Å². The molecule has 0 spiro atoms. The molecule has 1 unspecified atom stereocenters. The molecule has 1 heterocycles. The molecule has 2 rings (SSSR count). The minimum atomic E-state index is -0.225. The molecule has 1 saturated heterocycles. The van der Waals surface area contributed by atoms with Gasteiger partial charge in [0.2, 0.25) is 5.91 Å². The van der Waals surface area contributed by atoms with Gasteiger partial charge in [-0.15, -0.1) is 24.8 Å². The van der Waals surface area contributed by atoms with Crippen molar-refractivity contribution < 1.29 is 9.53 Å². The van der Waals surface area contributed by atoms with Crippen molar-refractivity contribution in [1.82, 2.24) is 4.90 Å². The number of hydrogen-bond donors (Lipinski definition) is 2. The van der Waals surface area contributed by atoms with Gasteiger partial charge in [0.25, 0.3) is 0 Å². The summed E-state index contributed by atoms with van der Waals surface area (Å²) in [5.74, 6) is 2.42. The summed E-state index contributed by atoms with van der Waals surface area (Å²) in [6, 6.07) is 8.10. The lowest BCUT2D eigenvalue weighted by Crippen LogP contribution is -2.34. The fourth-order valence-corrected chi connectivity index (χ4v) is 3.53. The zero-order valence-electron chi connectivity index (χ0n) is 14.6. The van der Waals surface area contributed by atoms with Gasteiger partial charge < -0.3 is 20.7 Å². The lowest BCUT2D eigenvalue weighted by Gasteiger charge is -2.26. The molecule has 0 radical (unpaired) electrons. The van der Waals surface area contributed by atoms with Crippen molar-refractivity contribution >= 4 is 48.2 Å². The summed E-state index contributed by atoms with van der Waals surface area (Å²) >= 11 is 2.04. The van der Waals surface area contributed by atoms with Crippen molar-refractivity contribution in [2.75, 3.05) is 50.1 Å². The molecule has 3 N–H and O–H groups in total. The second-order valence-corrected chi connectivity index (χ2v) is 6.97. The highest BCUT2D eigenvalue weighted by atomic mass is 35.5. The van der Waals surface area contributed by atoms with Crippen LogP contribution in [0.25, 0.3) is 0 Å². The Morgan fingerprint density at radius 3 is 2.48 bits per heavy atom. The van der Waals surface area contributed by atoms with E-state index < -0.39 is 0 Å². The monoisotopic (exact) mass is 409 g/mol. The first-order chi connectivity index (χ1) is 11.2. The number of methoxy groups -OCH3 is 1. The van der Waals surface area contributed by atoms with Crippen LogP contribution in [0.3, 0.4) is 0 Å². The van der Waals surface area contributed by atoms with Crippen LogP contribution in [0, 0.1) is 0 Å². The molecule has 0 bridgehead atoms. The van der Waals surface area contributed by atoms with Gasteiger partial charge in [-0.25, -0.2) is 0 Å². The minimum absolute atomic E-state index is 0. The van der Waals surface area contributed by atoms with Crippen molar-refractivity contribution in [1.29, 1.82) is 0 Å². The van der Waals surface area contributed by atoms with E-state index in [1.165, 1.54) is 30.2 Å². The maximum Gasteiger partial charge on any atom is 0.227 e. The van der Waals surface area contributed by atoms with Crippen LogP contribution in [0.5, 0.6) is 0 Å². The number of halogens is 2. The minimum Gasteiger partial charge on any atom is -0.380 e. The average molecular weight is 410 g/mol. The fraction of sp³-hybridized carbons (Fsp3) is 0.588. The zero-order chi connectivity index (χ0) is 16.5. The molecule has 0 aromatic heterocycles. The molecule has 1 aromatic rings. The predicted octanol–water partition coefficient (Wildman–Crippen LogP) is 2.42. The number of thioether (sulfide) groups is 1. The second-order valence-electron chi connectivity index (χ2n) is 5.75. The van der Waals surface area contributed by atoms with E-state index in [1.54, 1.807) is 7.11 Å². The molecule has 0 saturated carbocycles. The number of benzene rings is 1. The Kier molecular flexibility index (Phi) is 13.4. The van der Waals surface area contributed by atoms with Crippen LogP contribution in [-0.2, 0) is 16.0 Å². The van der Waals surface area contributed by atoms with Crippen molar-refractivity contribution in [3.8, 4) is 0 Å². The molecule has 1 aliphatic rings. The molecule has 1 fully saturated rings. The molecule has 25 heavy (non-hydrogen) atoms. The van der Waals surface area contributed by atoms with Gasteiger partial charge in [0.05, 0.1) is 12.5 Å². The topological polar surface area (TPSA) is 67.6 Å². The molecule has 1 aliphatic heterocycles. The number of ether oxygens (including phenoxy) is 1. The fourth-order valence-electron chi connectivity index (χ4n) is 2.55. The number of anilines is 1. The average Bonchev–Trinajstić information content (AvgIpc) is 2.60. The molecular formula is C17H29Cl2N3O2S. The normalized spacial score (nSPS) is 15.6. The highest BCUT2D eigenvalue weighted by Gasteiger charge is 2.12. The molecule has 1 atom stereocenters. The van der Waals surface area contributed by atoms with Crippen molar-refractivity contribution in [3.63, 3.8) is 0 Å². The van der Waals surface area contributed by atoms with Crippen molar-refractivity contribution in [2.24, 2.45) is 5.73 Å². The molecule has 144 valence electrons. The molecule has 8 heteroatoms. The number of amides is 1. The molecule has 5 nitrogen and oxygen atoms in total. The lowest BCUT2D eigenvalue weighted by atomic mass is 10.1. The summed E-state index contributed by atoms with van der Waals surface area (Å²) in [6.07, 6.45) is 1.11. The lowest BCUT2D eigenvalue weighted by molar-refractivity contribution is -0.118. The van der Waals surface area contributed by atoms with Gasteiger partial charge in [0, 0.05) is 50.5 Å². The molecule has 0 aliphatic carbocycles. The van der Waals surface area contributed by atoms with Crippen LogP contribution in [0.15, 0.2) is 24.3 Å². The second kappa shape index (κ2) is 13.7. The van der Waals surface area contributed by atoms with Crippen LogP contribution >= 0.6 is 36.6 Å². The van der Waals surface area contributed by atoms with E-state index in [4.69, 9.17) is 10.5 Å². The summed E-state index contributed by atoms with van der Waals surface area (Å²) in [4.78, 5) is 14.4. The molecule has 1 aromatic carbocycles. The first-order valence-electron chi connectivity index (χ1n) is 8.13. The van der Waals surface area contributed by atoms with E-state index in [0.29, 0.717) is 6.54 Å². The van der Waals surface area contributed by atoms with Crippen molar-refractivity contribution in [3.05, 3.63) is 29.8 Å². The first kappa shape index (κ1) is 24.5. The number of carbonyl (C=O) groups is 1. The van der Waals surface area contributed by atoms with Gasteiger partial charge in [0.15, 0.2) is 0 Å². The smallest absolute Gasteiger partial charge is 0.227 e. The predicted molar refractivity (Wildman–Crippen MR) is 112 cm³/mol. The summed E-state index contributed by atoms with van der Waals surface area (Å²) in [6.45, 7) is 3.84.